The van der Waals surface area contributed by atoms with Gasteiger partial charge in [0.25, 0.3) is 0 Å². The quantitative estimate of drug-likeness (QED) is 0.416. The third kappa shape index (κ3) is 10.9. The van der Waals surface area contributed by atoms with Crippen molar-refractivity contribution in [3.63, 3.8) is 0 Å². The van der Waals surface area contributed by atoms with Crippen LogP contribution in [0.15, 0.2) is 4.99 Å². The first kappa shape index (κ1) is 16.4. The van der Waals surface area contributed by atoms with E-state index in [1.165, 1.54) is 0 Å². The van der Waals surface area contributed by atoms with Crippen LogP contribution in [0.2, 0.25) is 0 Å². The Morgan fingerprint density at radius 2 is 2.00 bits per heavy atom. The Morgan fingerprint density at radius 1 is 1.33 bits per heavy atom. The molecule has 1 atom stereocenters. The van der Waals surface area contributed by atoms with Crippen molar-refractivity contribution in [2.75, 3.05) is 6.61 Å². The number of primary amides is 1. The Labute approximate surface area is 102 Å². The molecule has 0 rings (SSSR count). The van der Waals surface area contributed by atoms with E-state index in [1.54, 1.807) is 0 Å². The Balaban J connectivity index is 3.78. The van der Waals surface area contributed by atoms with E-state index in [-0.39, 0.29) is 13.0 Å². The number of hydrogen-bond donors (Lipinski definition) is 1. The van der Waals surface area contributed by atoms with Gasteiger partial charge in [0.15, 0.2) is 0 Å². The van der Waals surface area contributed by atoms with E-state index in [0.29, 0.717) is 19.3 Å². The van der Waals surface area contributed by atoms with E-state index < -0.39 is 24.7 Å². The molecule has 0 heterocycles. The van der Waals surface area contributed by atoms with Crippen LogP contribution in [0.3, 0.4) is 0 Å². The maximum absolute atomic E-state index is 12.1. The SMILES string of the molecule is NC(=O)OCCCCCC(CC(F)(F)F)N=C=O. The highest BCUT2D eigenvalue weighted by Gasteiger charge is 2.31. The normalized spacial score (nSPS) is 12.6. The van der Waals surface area contributed by atoms with Crippen LogP contribution < -0.4 is 5.73 Å². The number of alkyl halides is 3. The summed E-state index contributed by atoms with van der Waals surface area (Å²) in [5.74, 6) is 0. The highest BCUT2D eigenvalue weighted by atomic mass is 19.4. The Hall–Kier alpha value is -1.56. The van der Waals surface area contributed by atoms with Crippen molar-refractivity contribution in [3.05, 3.63) is 0 Å². The van der Waals surface area contributed by atoms with Crippen LogP contribution in [0.25, 0.3) is 0 Å². The number of carbonyl (C=O) groups excluding carboxylic acids is 2. The molecule has 0 fully saturated rings. The summed E-state index contributed by atoms with van der Waals surface area (Å²) in [5, 5.41) is 0. The molecule has 0 aromatic rings. The second-order valence-electron chi connectivity index (χ2n) is 3.71. The minimum Gasteiger partial charge on any atom is -0.450 e. The van der Waals surface area contributed by atoms with E-state index in [0.717, 1.165) is 6.08 Å². The first-order valence-electron chi connectivity index (χ1n) is 5.41. The van der Waals surface area contributed by atoms with Gasteiger partial charge in [-0.2, -0.15) is 13.2 Å². The second kappa shape index (κ2) is 8.52. The van der Waals surface area contributed by atoms with Crippen LogP contribution in [0, 0.1) is 0 Å². The Bertz CT molecular complexity index is 301. The van der Waals surface area contributed by atoms with Crippen LogP contribution in [0.5, 0.6) is 0 Å². The molecule has 0 aliphatic rings. The Kier molecular flexibility index (Phi) is 7.78. The number of rotatable bonds is 8. The molecule has 0 radical (unpaired) electrons. The van der Waals surface area contributed by atoms with Gasteiger partial charge < -0.3 is 10.5 Å². The van der Waals surface area contributed by atoms with Crippen molar-refractivity contribution in [1.29, 1.82) is 0 Å². The summed E-state index contributed by atoms with van der Waals surface area (Å²) in [6.07, 6.45) is -3.54. The largest absolute Gasteiger partial charge is 0.450 e. The van der Waals surface area contributed by atoms with E-state index in [9.17, 15) is 22.8 Å². The van der Waals surface area contributed by atoms with Gasteiger partial charge in [0, 0.05) is 0 Å². The van der Waals surface area contributed by atoms with Crippen LogP contribution in [0.4, 0.5) is 18.0 Å². The molecule has 1 unspecified atom stereocenters. The van der Waals surface area contributed by atoms with Crippen molar-refractivity contribution >= 4 is 12.2 Å². The van der Waals surface area contributed by atoms with Gasteiger partial charge in [-0.05, 0) is 19.3 Å². The monoisotopic (exact) mass is 268 g/mol. The van der Waals surface area contributed by atoms with Crippen molar-refractivity contribution < 1.29 is 27.5 Å². The number of hydrogen-bond acceptors (Lipinski definition) is 4. The molecule has 0 aromatic carbocycles. The molecular formula is C10H15F3N2O3. The number of nitrogens with two attached hydrogens (primary N) is 1. The third-order valence-electron chi connectivity index (χ3n) is 2.13. The average molecular weight is 268 g/mol. The maximum atomic E-state index is 12.1. The first-order valence-corrected chi connectivity index (χ1v) is 5.41. The van der Waals surface area contributed by atoms with Crippen LogP contribution in [-0.4, -0.2) is 31.0 Å². The zero-order chi connectivity index (χ0) is 14.0. The Morgan fingerprint density at radius 3 is 2.50 bits per heavy atom. The molecule has 0 aliphatic heterocycles. The number of halogens is 3. The van der Waals surface area contributed by atoms with Crippen molar-refractivity contribution in [3.8, 4) is 0 Å². The van der Waals surface area contributed by atoms with E-state index in [2.05, 4.69) is 9.73 Å². The lowest BCUT2D eigenvalue weighted by molar-refractivity contribution is -0.138. The maximum Gasteiger partial charge on any atom is 0.404 e. The highest BCUT2D eigenvalue weighted by molar-refractivity contribution is 5.64. The van der Waals surface area contributed by atoms with Gasteiger partial charge in [0.2, 0.25) is 6.08 Å². The minimum absolute atomic E-state index is 0.135. The van der Waals surface area contributed by atoms with E-state index >= 15 is 0 Å². The fourth-order valence-corrected chi connectivity index (χ4v) is 1.39. The van der Waals surface area contributed by atoms with Gasteiger partial charge >= 0.3 is 12.3 Å². The number of aliphatic imine (C=N–C) groups is 1. The lowest BCUT2D eigenvalue weighted by Gasteiger charge is -2.12. The van der Waals surface area contributed by atoms with Crippen molar-refractivity contribution in [2.24, 2.45) is 10.7 Å². The molecule has 0 saturated carbocycles. The second-order valence-corrected chi connectivity index (χ2v) is 3.71. The molecule has 0 aliphatic carbocycles. The van der Waals surface area contributed by atoms with Gasteiger partial charge in [0.05, 0.1) is 19.1 Å². The number of carbonyl (C=O) groups is 1. The molecule has 0 saturated heterocycles. The number of unbranched alkanes of at least 4 members (excludes halogenated alkanes) is 2. The zero-order valence-electron chi connectivity index (χ0n) is 9.70. The number of nitrogens with zero attached hydrogens (tertiary/aromatic N) is 1. The topological polar surface area (TPSA) is 81.8 Å². The molecule has 8 heteroatoms. The molecule has 0 aromatic heterocycles. The minimum atomic E-state index is -4.35. The summed E-state index contributed by atoms with van der Waals surface area (Å²) >= 11 is 0. The summed E-state index contributed by atoms with van der Waals surface area (Å²) in [6.45, 7) is 0.135. The van der Waals surface area contributed by atoms with Crippen molar-refractivity contribution in [1.82, 2.24) is 0 Å². The standard InChI is InChI=1S/C10H15F3N2O3/c11-10(12,13)6-8(15-7-16)4-2-1-3-5-18-9(14)17/h8H,1-6H2,(H2,14,17). The van der Waals surface area contributed by atoms with Crippen LogP contribution in [0.1, 0.15) is 32.1 Å². The molecule has 18 heavy (non-hydrogen) atoms. The van der Waals surface area contributed by atoms with Gasteiger partial charge in [-0.25, -0.2) is 14.6 Å². The molecule has 0 bridgehead atoms. The molecular weight excluding hydrogens is 253 g/mol. The first-order chi connectivity index (χ1) is 8.35. The predicted molar refractivity (Wildman–Crippen MR) is 56.6 cm³/mol. The van der Waals surface area contributed by atoms with Gasteiger partial charge in [0.1, 0.15) is 0 Å². The lowest BCUT2D eigenvalue weighted by atomic mass is 10.1. The fraction of sp³-hybridized carbons (Fsp3) is 0.800. The van der Waals surface area contributed by atoms with E-state index in [1.807, 2.05) is 0 Å². The molecule has 1 amide bonds. The molecule has 5 nitrogen and oxygen atoms in total. The van der Waals surface area contributed by atoms with Crippen LogP contribution in [-0.2, 0) is 9.53 Å². The summed E-state index contributed by atoms with van der Waals surface area (Å²) in [6, 6.07) is -1.08. The average Bonchev–Trinajstić information content (AvgIpc) is 2.20. The summed E-state index contributed by atoms with van der Waals surface area (Å²) in [4.78, 5) is 23.3. The smallest absolute Gasteiger partial charge is 0.404 e. The third-order valence-corrected chi connectivity index (χ3v) is 2.13. The van der Waals surface area contributed by atoms with Crippen molar-refractivity contribution in [2.45, 2.75) is 44.3 Å². The lowest BCUT2D eigenvalue weighted by Crippen LogP contribution is -2.18. The van der Waals surface area contributed by atoms with Gasteiger partial charge in [-0.15, -0.1) is 0 Å². The predicted octanol–water partition coefficient (Wildman–Crippen LogP) is 2.30. The number of isocyanates is 1. The fourth-order valence-electron chi connectivity index (χ4n) is 1.39. The highest BCUT2D eigenvalue weighted by Crippen LogP contribution is 2.25. The summed E-state index contributed by atoms with van der Waals surface area (Å²) < 4.78 is 40.7. The molecule has 104 valence electrons. The van der Waals surface area contributed by atoms with Gasteiger partial charge in [-0.1, -0.05) is 6.42 Å². The summed E-state index contributed by atoms with van der Waals surface area (Å²) in [5.41, 5.74) is 4.72. The van der Waals surface area contributed by atoms with E-state index in [4.69, 9.17) is 5.73 Å². The van der Waals surface area contributed by atoms with Crippen LogP contribution >= 0.6 is 0 Å². The molecule has 0 spiro atoms. The number of ether oxygens (including phenoxy) is 1. The van der Waals surface area contributed by atoms with Gasteiger partial charge in [-0.3, -0.25) is 0 Å². The zero-order valence-corrected chi connectivity index (χ0v) is 9.70. The number of amides is 1. The molecule has 2 N–H and O–H groups in total. The summed E-state index contributed by atoms with van der Waals surface area (Å²) in [7, 11) is 0.